The van der Waals surface area contributed by atoms with Gasteiger partial charge in [-0.3, -0.25) is 28.8 Å². The lowest BCUT2D eigenvalue weighted by molar-refractivity contribution is -0.144. The van der Waals surface area contributed by atoms with Crippen LogP contribution in [0, 0.1) is 0 Å². The Hall–Kier alpha value is -2.90. The molecule has 0 aromatic carbocycles. The summed E-state index contributed by atoms with van der Waals surface area (Å²) in [6.07, 6.45) is 4.36. The fraction of sp³-hybridized carbons (Fsp3) is 0. The molecule has 0 N–H and O–H groups in total. The smallest absolute Gasteiger partial charge is 0.547 e. The van der Waals surface area contributed by atoms with Crippen molar-refractivity contribution in [3.8, 4) is 0 Å². The van der Waals surface area contributed by atoms with E-state index >= 15 is 0 Å². The molecular formula is C12H6Al2O12. The van der Waals surface area contributed by atoms with Crippen molar-refractivity contribution in [2.45, 2.75) is 0 Å². The van der Waals surface area contributed by atoms with E-state index < -0.39 is 66.1 Å². The summed E-state index contributed by atoms with van der Waals surface area (Å²) in [5, 5.41) is 0. The maximum atomic E-state index is 11.5. The lowest BCUT2D eigenvalue weighted by Gasteiger charge is -2.08. The molecule has 132 valence electrons. The Morgan fingerprint density at radius 2 is 0.923 bits per heavy atom. The van der Waals surface area contributed by atoms with Crippen LogP contribution in [0.15, 0.2) is 36.5 Å². The number of carbonyl (C=O) groups is 6. The molecule has 0 fully saturated rings. The fourth-order valence-electron chi connectivity index (χ4n) is 1.36. The SMILES string of the molecule is O=C1C=CC(=O)[O][Al]([O]C(=O)/C=C/C(=O)[O][Al]2[O]C(=O)C=CC(=O)[O]2)[O]1. The van der Waals surface area contributed by atoms with Gasteiger partial charge in [-0.15, -0.1) is 0 Å². The van der Waals surface area contributed by atoms with Gasteiger partial charge < -0.3 is 22.7 Å². The topological polar surface area (TPSA) is 158 Å². The molecule has 2 aliphatic rings. The molecule has 2 rings (SSSR count). The molecule has 26 heavy (non-hydrogen) atoms. The standard InChI is InChI=1S/3C4H4O4.2Al/c3*5-3(6)1-2-4(7)8;;/h3*1-2H,(H,5,6)(H,7,8);;/q;;;2*+3/p-6/b2-1+;;;;. The van der Waals surface area contributed by atoms with E-state index in [1.54, 1.807) is 0 Å². The van der Waals surface area contributed by atoms with Gasteiger partial charge in [-0.25, -0.2) is 0 Å². The molecular weight excluding hydrogens is 390 g/mol. The molecule has 2 heterocycles. The van der Waals surface area contributed by atoms with Crippen molar-refractivity contribution in [2.75, 3.05) is 0 Å². The van der Waals surface area contributed by atoms with Crippen LogP contribution in [0.3, 0.4) is 0 Å². The zero-order chi connectivity index (χ0) is 19.1. The minimum absolute atomic E-state index is 0.586. The van der Waals surface area contributed by atoms with E-state index in [-0.39, 0.29) is 0 Å². The minimum Gasteiger partial charge on any atom is -0.547 e. The van der Waals surface area contributed by atoms with Crippen molar-refractivity contribution in [1.82, 2.24) is 0 Å². The third-order valence-electron chi connectivity index (χ3n) is 2.34. The summed E-state index contributed by atoms with van der Waals surface area (Å²) in [7, 11) is 0. The average molecular weight is 396 g/mol. The monoisotopic (exact) mass is 396 g/mol. The summed E-state index contributed by atoms with van der Waals surface area (Å²) in [6.45, 7) is 0. The van der Waals surface area contributed by atoms with Gasteiger partial charge in [0.2, 0.25) is 0 Å². The summed E-state index contributed by atoms with van der Waals surface area (Å²) in [5.41, 5.74) is 0. The van der Waals surface area contributed by atoms with Gasteiger partial charge in [0.05, 0.1) is 0 Å². The minimum atomic E-state index is -3.42. The number of carbonyl (C=O) groups excluding carboxylic acids is 6. The van der Waals surface area contributed by atoms with E-state index in [0.29, 0.717) is 12.2 Å². The maximum Gasteiger partial charge on any atom is 1.20 e. The second kappa shape index (κ2) is 8.98. The van der Waals surface area contributed by atoms with Gasteiger partial charge in [-0.2, -0.15) is 0 Å². The van der Waals surface area contributed by atoms with Gasteiger partial charge in [0.25, 0.3) is 35.8 Å². The molecule has 0 spiro atoms. The van der Waals surface area contributed by atoms with E-state index in [9.17, 15) is 28.8 Å². The number of hydrogen-bond acceptors (Lipinski definition) is 12. The Labute approximate surface area is 154 Å². The van der Waals surface area contributed by atoms with Crippen LogP contribution in [0.4, 0.5) is 0 Å². The zero-order valence-corrected chi connectivity index (χ0v) is 14.8. The molecule has 0 saturated carbocycles. The summed E-state index contributed by atoms with van der Waals surface area (Å²) in [4.78, 5) is 67.5. The largest absolute Gasteiger partial charge is 1.20 e. The molecule has 0 bridgehead atoms. The highest BCUT2D eigenvalue weighted by atomic mass is 27.3. The van der Waals surface area contributed by atoms with E-state index in [2.05, 4.69) is 22.7 Å². The van der Waals surface area contributed by atoms with E-state index in [4.69, 9.17) is 0 Å². The molecule has 14 heteroatoms. The molecule has 0 unspecified atom stereocenters. The van der Waals surface area contributed by atoms with E-state index in [1.807, 2.05) is 0 Å². The van der Waals surface area contributed by atoms with Crippen LogP contribution in [0.2, 0.25) is 0 Å². The van der Waals surface area contributed by atoms with E-state index in [1.165, 1.54) is 0 Å². The van der Waals surface area contributed by atoms with Crippen molar-refractivity contribution in [3.63, 3.8) is 0 Å². The maximum absolute atomic E-state index is 11.5. The predicted octanol–water partition coefficient (Wildman–Crippen LogP) is -2.09. The average Bonchev–Trinajstić information content (AvgIpc) is 2.81. The molecule has 0 radical (unpaired) electrons. The molecule has 0 atom stereocenters. The van der Waals surface area contributed by atoms with Gasteiger partial charge in [0, 0.05) is 36.5 Å². The molecule has 0 aliphatic carbocycles. The van der Waals surface area contributed by atoms with Crippen LogP contribution in [0.25, 0.3) is 0 Å². The van der Waals surface area contributed by atoms with Gasteiger partial charge in [0.1, 0.15) is 0 Å². The quantitative estimate of drug-likeness (QED) is 0.377. The third-order valence-corrected chi connectivity index (χ3v) is 4.89. The van der Waals surface area contributed by atoms with Crippen molar-refractivity contribution in [3.05, 3.63) is 36.5 Å². The van der Waals surface area contributed by atoms with Gasteiger partial charge in [-0.1, -0.05) is 0 Å². The first-order valence-electron chi connectivity index (χ1n) is 6.60. The summed E-state index contributed by atoms with van der Waals surface area (Å²) in [6, 6.07) is 0. The van der Waals surface area contributed by atoms with Crippen LogP contribution in [-0.4, -0.2) is 66.1 Å². The number of rotatable bonds is 4. The van der Waals surface area contributed by atoms with Crippen LogP contribution in [-0.2, 0) is 51.5 Å². The van der Waals surface area contributed by atoms with Crippen LogP contribution in [0.1, 0.15) is 0 Å². The van der Waals surface area contributed by atoms with Crippen molar-refractivity contribution in [2.24, 2.45) is 0 Å². The second-order valence-corrected chi connectivity index (χ2v) is 6.77. The van der Waals surface area contributed by atoms with Crippen LogP contribution >= 0.6 is 0 Å². The Morgan fingerprint density at radius 1 is 0.654 bits per heavy atom. The van der Waals surface area contributed by atoms with Crippen molar-refractivity contribution < 1.29 is 51.5 Å². The predicted molar refractivity (Wildman–Crippen MR) is 75.5 cm³/mol. The molecule has 0 amide bonds. The summed E-state index contributed by atoms with van der Waals surface area (Å²) < 4.78 is 27.6. The Balaban J connectivity index is 1.84. The number of hydrogen-bond donors (Lipinski definition) is 0. The lowest BCUT2D eigenvalue weighted by atomic mass is 10.5. The van der Waals surface area contributed by atoms with Crippen molar-refractivity contribution >= 4 is 66.1 Å². The summed E-state index contributed by atoms with van der Waals surface area (Å²) in [5.74, 6) is -6.06. The first-order chi connectivity index (χ1) is 12.3. The highest BCUT2D eigenvalue weighted by Crippen LogP contribution is 2.04. The molecule has 12 nitrogen and oxygen atoms in total. The third kappa shape index (κ3) is 6.54. The lowest BCUT2D eigenvalue weighted by Crippen LogP contribution is -2.32. The van der Waals surface area contributed by atoms with Crippen molar-refractivity contribution in [1.29, 1.82) is 0 Å². The van der Waals surface area contributed by atoms with Crippen LogP contribution < -0.4 is 0 Å². The van der Waals surface area contributed by atoms with Gasteiger partial charge in [-0.05, 0) is 0 Å². The highest BCUT2D eigenvalue weighted by Gasteiger charge is 2.50. The normalized spacial score (nSPS) is 16.9. The molecule has 2 aliphatic heterocycles. The molecule has 0 aromatic rings. The highest BCUT2D eigenvalue weighted by molar-refractivity contribution is 6.46. The first kappa shape index (κ1) is 19.4. The Bertz CT molecular complexity index is 649. The fourth-order valence-corrected chi connectivity index (χ4v) is 3.26. The Morgan fingerprint density at radius 3 is 1.19 bits per heavy atom. The second-order valence-electron chi connectivity index (χ2n) is 4.20. The first-order valence-corrected chi connectivity index (χ1v) is 9.42. The van der Waals surface area contributed by atoms with Gasteiger partial charge in [0.15, 0.2) is 0 Å². The van der Waals surface area contributed by atoms with Gasteiger partial charge >= 0.3 is 30.3 Å². The van der Waals surface area contributed by atoms with E-state index in [0.717, 1.165) is 24.3 Å². The molecule has 0 aromatic heterocycles. The Kier molecular flexibility index (Phi) is 6.71. The molecule has 0 saturated heterocycles. The summed E-state index contributed by atoms with van der Waals surface area (Å²) >= 11 is -6.84. The van der Waals surface area contributed by atoms with Crippen LogP contribution in [0.5, 0.6) is 0 Å². The zero-order valence-electron chi connectivity index (χ0n) is 12.5.